The highest BCUT2D eigenvalue weighted by Gasteiger charge is 2.40. The maximum atomic E-state index is 12.4. The van der Waals surface area contributed by atoms with Gasteiger partial charge in [0, 0.05) is 10.0 Å². The molecule has 1 atom stereocenters. The van der Waals surface area contributed by atoms with Crippen LogP contribution in [0.1, 0.15) is 46.2 Å². The van der Waals surface area contributed by atoms with Gasteiger partial charge in [-0.25, -0.2) is 0 Å². The molecule has 0 heterocycles. The van der Waals surface area contributed by atoms with Crippen molar-refractivity contribution in [3.8, 4) is 0 Å². The maximum Gasteiger partial charge on any atom is 0.227 e. The molecule has 4 heteroatoms. The largest absolute Gasteiger partial charge is 0.349 e. The van der Waals surface area contributed by atoms with Gasteiger partial charge in [-0.15, -0.1) is 0 Å². The van der Waals surface area contributed by atoms with Crippen LogP contribution in [0.25, 0.3) is 0 Å². The van der Waals surface area contributed by atoms with Crippen LogP contribution >= 0.6 is 15.9 Å². The van der Waals surface area contributed by atoms with E-state index in [2.05, 4.69) is 21.2 Å². The fraction of sp³-hybridized carbons (Fsp3) is 0.533. The highest BCUT2D eigenvalue weighted by Crippen LogP contribution is 2.30. The van der Waals surface area contributed by atoms with Crippen molar-refractivity contribution >= 4 is 21.8 Å². The van der Waals surface area contributed by atoms with E-state index >= 15 is 0 Å². The number of amides is 1. The predicted octanol–water partition coefficient (Wildman–Crippen LogP) is 3.39. The second-order valence-corrected chi connectivity index (χ2v) is 6.92. The number of benzene rings is 1. The predicted molar refractivity (Wildman–Crippen MR) is 82.7 cm³/mol. The minimum atomic E-state index is -0.636. The topological polar surface area (TPSA) is 55.1 Å². The van der Waals surface area contributed by atoms with E-state index in [1.165, 1.54) is 0 Å². The first kappa shape index (κ1) is 16.2. The van der Waals surface area contributed by atoms with Crippen molar-refractivity contribution in [2.45, 2.75) is 46.2 Å². The van der Waals surface area contributed by atoms with Crippen molar-refractivity contribution in [2.75, 3.05) is 0 Å². The van der Waals surface area contributed by atoms with E-state index < -0.39 is 11.0 Å². The van der Waals surface area contributed by atoms with E-state index in [1.807, 2.05) is 58.9 Å². The lowest BCUT2D eigenvalue weighted by atomic mass is 9.74. The molecule has 0 spiro atoms. The molecule has 0 aliphatic rings. The Morgan fingerprint density at radius 2 is 1.79 bits per heavy atom. The molecule has 3 N–H and O–H groups in total. The molecule has 0 radical (unpaired) electrons. The van der Waals surface area contributed by atoms with Crippen LogP contribution in [0.3, 0.4) is 0 Å². The second kappa shape index (κ2) is 5.63. The standard InChI is InChI=1S/C15H23BrN2O/c1-10(11-8-6-7-9-12(11)16)18-13(19)14(2,3)15(4,5)17/h6-10H,17H2,1-5H3,(H,18,19)/t10-/m0/s1. The smallest absolute Gasteiger partial charge is 0.227 e. The van der Waals surface area contributed by atoms with E-state index in [1.54, 1.807) is 0 Å². The summed E-state index contributed by atoms with van der Waals surface area (Å²) in [5.41, 5.74) is 5.93. The van der Waals surface area contributed by atoms with E-state index in [9.17, 15) is 4.79 Å². The third-order valence-electron chi connectivity index (χ3n) is 3.90. The van der Waals surface area contributed by atoms with E-state index in [0.717, 1.165) is 10.0 Å². The first-order valence-corrected chi connectivity index (χ1v) is 7.21. The first-order chi connectivity index (χ1) is 8.57. The van der Waals surface area contributed by atoms with Gasteiger partial charge in [-0.1, -0.05) is 34.1 Å². The molecule has 0 bridgehead atoms. The lowest BCUT2D eigenvalue weighted by molar-refractivity contribution is -0.132. The number of hydrogen-bond donors (Lipinski definition) is 2. The molecule has 1 amide bonds. The maximum absolute atomic E-state index is 12.4. The quantitative estimate of drug-likeness (QED) is 0.891. The zero-order chi connectivity index (χ0) is 14.8. The van der Waals surface area contributed by atoms with Gasteiger partial charge in [-0.3, -0.25) is 4.79 Å². The second-order valence-electron chi connectivity index (χ2n) is 6.06. The monoisotopic (exact) mass is 326 g/mol. The van der Waals surface area contributed by atoms with Gasteiger partial charge in [0.1, 0.15) is 0 Å². The molecule has 0 unspecified atom stereocenters. The zero-order valence-corrected chi connectivity index (χ0v) is 13.8. The minimum Gasteiger partial charge on any atom is -0.349 e. The van der Waals surface area contributed by atoms with Crippen molar-refractivity contribution in [2.24, 2.45) is 11.1 Å². The molecular weight excluding hydrogens is 304 g/mol. The van der Waals surface area contributed by atoms with Gasteiger partial charge in [0.15, 0.2) is 0 Å². The van der Waals surface area contributed by atoms with Gasteiger partial charge in [-0.05, 0) is 46.2 Å². The summed E-state index contributed by atoms with van der Waals surface area (Å²) >= 11 is 3.50. The normalized spacial score (nSPS) is 14.1. The number of hydrogen-bond acceptors (Lipinski definition) is 2. The highest BCUT2D eigenvalue weighted by molar-refractivity contribution is 9.10. The van der Waals surface area contributed by atoms with Crippen LogP contribution in [-0.2, 0) is 4.79 Å². The Morgan fingerprint density at radius 1 is 1.26 bits per heavy atom. The fourth-order valence-corrected chi connectivity index (χ4v) is 2.20. The molecular formula is C15H23BrN2O. The summed E-state index contributed by atoms with van der Waals surface area (Å²) in [6, 6.07) is 7.81. The molecule has 1 aromatic carbocycles. The number of nitrogens with two attached hydrogens (primary N) is 1. The number of carbonyl (C=O) groups is 1. The summed E-state index contributed by atoms with van der Waals surface area (Å²) in [6.45, 7) is 9.45. The molecule has 0 aliphatic heterocycles. The Kier molecular flexibility index (Phi) is 4.80. The SMILES string of the molecule is C[C@H](NC(=O)C(C)(C)C(C)(C)N)c1ccccc1Br. The van der Waals surface area contributed by atoms with Crippen molar-refractivity contribution in [1.29, 1.82) is 0 Å². The molecule has 0 fully saturated rings. The summed E-state index contributed by atoms with van der Waals surface area (Å²) in [7, 11) is 0. The Bertz CT molecular complexity index is 463. The first-order valence-electron chi connectivity index (χ1n) is 6.41. The van der Waals surface area contributed by atoms with Gasteiger partial charge < -0.3 is 11.1 Å². The Morgan fingerprint density at radius 3 is 2.26 bits per heavy atom. The van der Waals surface area contributed by atoms with Crippen molar-refractivity contribution < 1.29 is 4.79 Å². The molecule has 0 aromatic heterocycles. The van der Waals surface area contributed by atoms with Crippen LogP contribution in [-0.4, -0.2) is 11.4 Å². The molecule has 1 rings (SSSR count). The average molecular weight is 327 g/mol. The molecule has 0 saturated carbocycles. The van der Waals surface area contributed by atoms with Gasteiger partial charge in [-0.2, -0.15) is 0 Å². The van der Waals surface area contributed by atoms with Gasteiger partial charge in [0.2, 0.25) is 5.91 Å². The minimum absolute atomic E-state index is 0.0387. The lowest BCUT2D eigenvalue weighted by Gasteiger charge is -2.37. The zero-order valence-electron chi connectivity index (χ0n) is 12.3. The summed E-state index contributed by atoms with van der Waals surface area (Å²) in [6.07, 6.45) is 0. The van der Waals surface area contributed by atoms with Crippen molar-refractivity contribution in [1.82, 2.24) is 5.32 Å². The number of carbonyl (C=O) groups excluding carboxylic acids is 1. The number of nitrogens with one attached hydrogen (secondary N) is 1. The number of rotatable bonds is 4. The Balaban J connectivity index is 2.87. The summed E-state index contributed by atoms with van der Waals surface area (Å²) in [4.78, 5) is 12.4. The van der Waals surface area contributed by atoms with Crippen LogP contribution in [0.5, 0.6) is 0 Å². The molecule has 0 saturated heterocycles. The highest BCUT2D eigenvalue weighted by atomic mass is 79.9. The molecule has 0 aliphatic carbocycles. The average Bonchev–Trinajstić information content (AvgIpc) is 2.27. The van der Waals surface area contributed by atoms with Crippen LogP contribution in [0.15, 0.2) is 28.7 Å². The summed E-state index contributed by atoms with van der Waals surface area (Å²) in [5, 5.41) is 3.03. The van der Waals surface area contributed by atoms with Crippen molar-refractivity contribution in [3.63, 3.8) is 0 Å². The lowest BCUT2D eigenvalue weighted by Crippen LogP contribution is -2.55. The van der Waals surface area contributed by atoms with Crippen LogP contribution < -0.4 is 11.1 Å². The van der Waals surface area contributed by atoms with Crippen LogP contribution in [0, 0.1) is 5.41 Å². The number of halogens is 1. The van der Waals surface area contributed by atoms with E-state index in [0.29, 0.717) is 0 Å². The molecule has 19 heavy (non-hydrogen) atoms. The fourth-order valence-electron chi connectivity index (χ4n) is 1.57. The van der Waals surface area contributed by atoms with Crippen molar-refractivity contribution in [3.05, 3.63) is 34.3 Å². The Hall–Kier alpha value is -0.870. The third kappa shape index (κ3) is 3.57. The van der Waals surface area contributed by atoms with Crippen LogP contribution in [0.2, 0.25) is 0 Å². The van der Waals surface area contributed by atoms with Crippen LogP contribution in [0.4, 0.5) is 0 Å². The van der Waals surface area contributed by atoms with Gasteiger partial charge in [0.05, 0.1) is 11.5 Å². The molecule has 3 nitrogen and oxygen atoms in total. The third-order valence-corrected chi connectivity index (χ3v) is 4.62. The summed E-state index contributed by atoms with van der Waals surface area (Å²) < 4.78 is 0.993. The molecule has 106 valence electrons. The molecule has 1 aromatic rings. The van der Waals surface area contributed by atoms with Gasteiger partial charge in [0.25, 0.3) is 0 Å². The Labute approximate surface area is 124 Å². The van der Waals surface area contributed by atoms with Gasteiger partial charge >= 0.3 is 0 Å². The summed E-state index contributed by atoms with van der Waals surface area (Å²) in [5.74, 6) is -0.0387. The van der Waals surface area contributed by atoms with E-state index in [-0.39, 0.29) is 11.9 Å². The van der Waals surface area contributed by atoms with E-state index in [4.69, 9.17) is 5.73 Å².